The molecule has 0 N–H and O–H groups in total. The molecule has 0 heterocycles. The van der Waals surface area contributed by atoms with Gasteiger partial charge in [-0.25, -0.2) is 0 Å². The fraction of sp³-hybridized carbons (Fsp3) is 0.800. The maximum atomic E-state index is 11.6. The summed E-state index contributed by atoms with van der Waals surface area (Å²) in [6.45, 7) is 0.269. The van der Waals surface area contributed by atoms with Crippen LogP contribution in [0.5, 0.6) is 0 Å². The smallest absolute Gasteiger partial charge is 0.249 e. The molecule has 1 rings (SSSR count). The molecule has 1 amide bonds. The van der Waals surface area contributed by atoms with Crippen LogP contribution in [0.1, 0.15) is 25.7 Å². The Hall–Kier alpha value is -1.08. The molecule has 78 valence electrons. The second kappa shape index (κ2) is 5.61. The number of rotatable bonds is 4. The van der Waals surface area contributed by atoms with Gasteiger partial charge >= 0.3 is 0 Å². The third-order valence-corrected chi connectivity index (χ3v) is 2.59. The lowest BCUT2D eigenvalue weighted by molar-refractivity contribution is -0.136. The van der Waals surface area contributed by atoms with Crippen LogP contribution in [0.3, 0.4) is 0 Å². The summed E-state index contributed by atoms with van der Waals surface area (Å²) >= 11 is 0. The van der Waals surface area contributed by atoms with E-state index in [9.17, 15) is 4.79 Å². The Labute approximate surface area is 84.4 Å². The molecule has 14 heavy (non-hydrogen) atoms. The van der Waals surface area contributed by atoms with Crippen molar-refractivity contribution in [2.45, 2.75) is 31.7 Å². The van der Waals surface area contributed by atoms with Gasteiger partial charge < -0.3 is 9.64 Å². The molecule has 1 aliphatic carbocycles. The Morgan fingerprint density at radius 1 is 1.57 bits per heavy atom. The first kappa shape index (κ1) is 11.0. The molecule has 4 heteroatoms. The average Bonchev–Trinajstić information content (AvgIpc) is 2.67. The third-order valence-electron chi connectivity index (χ3n) is 2.59. The minimum Gasteiger partial charge on any atom is -0.375 e. The fourth-order valence-electron chi connectivity index (χ4n) is 1.92. The molecule has 1 aliphatic rings. The van der Waals surface area contributed by atoms with Gasteiger partial charge in [-0.1, -0.05) is 12.8 Å². The van der Waals surface area contributed by atoms with Crippen LogP contribution in [0.4, 0.5) is 0 Å². The minimum absolute atomic E-state index is 0.0686. The van der Waals surface area contributed by atoms with Gasteiger partial charge in [0, 0.05) is 13.2 Å². The molecule has 0 atom stereocenters. The highest BCUT2D eigenvalue weighted by Gasteiger charge is 2.25. The predicted molar refractivity (Wildman–Crippen MR) is 51.5 cm³/mol. The molecule has 0 aromatic heterocycles. The van der Waals surface area contributed by atoms with E-state index in [2.05, 4.69) is 0 Å². The largest absolute Gasteiger partial charge is 0.375 e. The van der Waals surface area contributed by atoms with Crippen LogP contribution >= 0.6 is 0 Å². The van der Waals surface area contributed by atoms with Gasteiger partial charge in [0.15, 0.2) is 0 Å². The summed E-state index contributed by atoms with van der Waals surface area (Å²) in [5, 5.41) is 8.63. The zero-order chi connectivity index (χ0) is 10.4. The molecular formula is C10H16N2O2. The number of nitrogens with zero attached hydrogens (tertiary/aromatic N) is 2. The summed E-state index contributed by atoms with van der Waals surface area (Å²) < 4.78 is 4.79. The first-order valence-electron chi connectivity index (χ1n) is 4.95. The number of amides is 1. The van der Waals surface area contributed by atoms with E-state index in [0.29, 0.717) is 0 Å². The molecule has 0 aromatic rings. The second-order valence-electron chi connectivity index (χ2n) is 3.55. The van der Waals surface area contributed by atoms with Crippen molar-refractivity contribution in [3.63, 3.8) is 0 Å². The minimum atomic E-state index is -0.0686. The molecule has 1 saturated carbocycles. The van der Waals surface area contributed by atoms with Crippen LogP contribution in [0.15, 0.2) is 0 Å². The highest BCUT2D eigenvalue weighted by atomic mass is 16.5. The normalized spacial score (nSPS) is 16.6. The zero-order valence-electron chi connectivity index (χ0n) is 8.53. The number of hydrogen-bond acceptors (Lipinski definition) is 3. The number of methoxy groups -OCH3 is 1. The average molecular weight is 196 g/mol. The first-order valence-corrected chi connectivity index (χ1v) is 4.95. The number of nitriles is 1. The number of ether oxygens (including phenoxy) is 1. The topological polar surface area (TPSA) is 53.3 Å². The highest BCUT2D eigenvalue weighted by Crippen LogP contribution is 2.23. The molecule has 0 saturated heterocycles. The fourth-order valence-corrected chi connectivity index (χ4v) is 1.92. The number of carbonyl (C=O) groups is 1. The van der Waals surface area contributed by atoms with Crippen molar-refractivity contribution in [3.8, 4) is 6.07 Å². The molecule has 0 radical (unpaired) electrons. The molecule has 0 aliphatic heterocycles. The summed E-state index contributed by atoms with van der Waals surface area (Å²) in [6.07, 6.45) is 4.37. The third kappa shape index (κ3) is 2.71. The quantitative estimate of drug-likeness (QED) is 0.628. The van der Waals surface area contributed by atoms with Gasteiger partial charge in [0.1, 0.15) is 13.2 Å². The maximum Gasteiger partial charge on any atom is 0.249 e. The Morgan fingerprint density at radius 3 is 2.71 bits per heavy atom. The molecule has 0 spiro atoms. The molecule has 4 nitrogen and oxygen atoms in total. The number of carbonyl (C=O) groups excluding carboxylic acids is 1. The SMILES string of the molecule is COCC(=O)N(CC#N)C1CCCC1. The zero-order valence-corrected chi connectivity index (χ0v) is 8.53. The molecule has 0 aromatic carbocycles. The van der Waals surface area contributed by atoms with Gasteiger partial charge in [-0.3, -0.25) is 4.79 Å². The van der Waals surface area contributed by atoms with Crippen molar-refractivity contribution >= 4 is 5.91 Å². The van der Waals surface area contributed by atoms with Crippen LogP contribution in [0.25, 0.3) is 0 Å². The van der Waals surface area contributed by atoms with Crippen molar-refractivity contribution < 1.29 is 9.53 Å². The standard InChI is InChI=1S/C10H16N2O2/c1-14-8-10(13)12(7-6-11)9-4-2-3-5-9/h9H,2-5,7-8H2,1H3. The van der Waals surface area contributed by atoms with E-state index in [4.69, 9.17) is 10.00 Å². The lowest BCUT2D eigenvalue weighted by atomic mass is 10.2. The molecule has 0 unspecified atom stereocenters. The van der Waals surface area contributed by atoms with Crippen molar-refractivity contribution in [2.24, 2.45) is 0 Å². The summed E-state index contributed by atoms with van der Waals surface area (Å²) in [5.74, 6) is -0.0686. The molecule has 1 fully saturated rings. The van der Waals surface area contributed by atoms with Gasteiger partial charge in [0.2, 0.25) is 5.91 Å². The summed E-state index contributed by atoms with van der Waals surface area (Å²) in [4.78, 5) is 13.2. The predicted octanol–water partition coefficient (Wildman–Crippen LogP) is 0.928. The van der Waals surface area contributed by atoms with Crippen LogP contribution in [-0.2, 0) is 9.53 Å². The lowest BCUT2D eigenvalue weighted by Crippen LogP contribution is -2.41. The Bertz CT molecular complexity index is 229. The van der Waals surface area contributed by atoms with Crippen LogP contribution in [0, 0.1) is 11.3 Å². The highest BCUT2D eigenvalue weighted by molar-refractivity contribution is 5.78. The second-order valence-corrected chi connectivity index (χ2v) is 3.55. The maximum absolute atomic E-state index is 11.6. The van der Waals surface area contributed by atoms with Gasteiger partial charge in [-0.15, -0.1) is 0 Å². The monoisotopic (exact) mass is 196 g/mol. The van der Waals surface area contributed by atoms with E-state index in [1.165, 1.54) is 7.11 Å². The Morgan fingerprint density at radius 2 is 2.21 bits per heavy atom. The van der Waals surface area contributed by atoms with E-state index in [-0.39, 0.29) is 25.1 Å². The molecular weight excluding hydrogens is 180 g/mol. The van der Waals surface area contributed by atoms with Gasteiger partial charge in [-0.05, 0) is 12.8 Å². The van der Waals surface area contributed by atoms with Crippen LogP contribution < -0.4 is 0 Å². The Balaban J connectivity index is 2.53. The van der Waals surface area contributed by atoms with Crippen molar-refractivity contribution in [1.29, 1.82) is 5.26 Å². The van der Waals surface area contributed by atoms with Gasteiger partial charge in [-0.2, -0.15) is 5.26 Å². The van der Waals surface area contributed by atoms with Gasteiger partial charge in [0.25, 0.3) is 0 Å². The van der Waals surface area contributed by atoms with Crippen LogP contribution in [0.2, 0.25) is 0 Å². The Kier molecular flexibility index (Phi) is 4.41. The van der Waals surface area contributed by atoms with E-state index in [1.807, 2.05) is 6.07 Å². The van der Waals surface area contributed by atoms with E-state index in [0.717, 1.165) is 25.7 Å². The van der Waals surface area contributed by atoms with E-state index >= 15 is 0 Å². The van der Waals surface area contributed by atoms with Crippen molar-refractivity contribution in [3.05, 3.63) is 0 Å². The van der Waals surface area contributed by atoms with E-state index < -0.39 is 0 Å². The van der Waals surface area contributed by atoms with Gasteiger partial charge in [0.05, 0.1) is 6.07 Å². The summed E-state index contributed by atoms with van der Waals surface area (Å²) in [5.41, 5.74) is 0. The number of hydrogen-bond donors (Lipinski definition) is 0. The van der Waals surface area contributed by atoms with Crippen molar-refractivity contribution in [1.82, 2.24) is 4.90 Å². The first-order chi connectivity index (χ1) is 6.79. The summed E-state index contributed by atoms with van der Waals surface area (Å²) in [7, 11) is 1.50. The van der Waals surface area contributed by atoms with Crippen LogP contribution in [-0.4, -0.2) is 37.1 Å². The molecule has 0 bridgehead atoms. The summed E-state index contributed by atoms with van der Waals surface area (Å²) in [6, 6.07) is 2.29. The lowest BCUT2D eigenvalue weighted by Gasteiger charge is -2.25. The van der Waals surface area contributed by atoms with E-state index in [1.54, 1.807) is 4.90 Å². The van der Waals surface area contributed by atoms with Crippen molar-refractivity contribution in [2.75, 3.05) is 20.3 Å².